The molecule has 0 aliphatic heterocycles. The minimum atomic E-state index is -4.64. The highest BCUT2D eigenvalue weighted by Crippen LogP contribution is 2.33. The molecule has 0 radical (unpaired) electrons. The highest BCUT2D eigenvalue weighted by atomic mass is 19.4. The van der Waals surface area contributed by atoms with Gasteiger partial charge in [-0.2, -0.15) is 18.4 Å². The number of amides is 1. The predicted octanol–water partition coefficient (Wildman–Crippen LogP) is 2.90. The second kappa shape index (κ2) is 7.09. The number of carbonyl (C=O) groups is 1. The van der Waals surface area contributed by atoms with Gasteiger partial charge < -0.3 is 10.6 Å². The van der Waals surface area contributed by atoms with E-state index in [0.29, 0.717) is 6.54 Å². The fourth-order valence-electron chi connectivity index (χ4n) is 1.86. The molecule has 2 N–H and O–H groups in total. The number of nitriles is 1. The lowest BCUT2D eigenvalue weighted by Crippen LogP contribution is -2.30. The Labute approximate surface area is 121 Å². The number of alkyl halides is 3. The Bertz CT molecular complexity index is 549. The molecule has 0 saturated heterocycles. The van der Waals surface area contributed by atoms with Gasteiger partial charge in [0.15, 0.2) is 0 Å². The van der Waals surface area contributed by atoms with E-state index in [4.69, 9.17) is 5.26 Å². The average molecular weight is 299 g/mol. The highest BCUT2D eigenvalue weighted by Gasteiger charge is 2.33. The first-order valence-corrected chi connectivity index (χ1v) is 6.42. The van der Waals surface area contributed by atoms with Crippen molar-refractivity contribution in [3.63, 3.8) is 0 Å². The van der Waals surface area contributed by atoms with Crippen molar-refractivity contribution in [2.24, 2.45) is 0 Å². The Balaban J connectivity index is 2.86. The summed E-state index contributed by atoms with van der Waals surface area (Å²) in [5.41, 5.74) is -1.50. The van der Waals surface area contributed by atoms with Crippen LogP contribution in [0.15, 0.2) is 18.2 Å². The van der Waals surface area contributed by atoms with Crippen LogP contribution in [0, 0.1) is 11.3 Å². The van der Waals surface area contributed by atoms with Crippen molar-refractivity contribution < 1.29 is 18.0 Å². The Kier molecular flexibility index (Phi) is 5.73. The van der Waals surface area contributed by atoms with E-state index in [0.717, 1.165) is 12.1 Å². The Morgan fingerprint density at radius 3 is 2.62 bits per heavy atom. The molecule has 21 heavy (non-hydrogen) atoms. The lowest BCUT2D eigenvalue weighted by molar-refractivity contribution is -0.137. The van der Waals surface area contributed by atoms with Crippen LogP contribution in [-0.4, -0.2) is 18.5 Å². The maximum Gasteiger partial charge on any atom is 0.417 e. The van der Waals surface area contributed by atoms with Crippen LogP contribution in [0.5, 0.6) is 0 Å². The normalized spacial score (nSPS) is 12.6. The van der Waals surface area contributed by atoms with E-state index in [-0.39, 0.29) is 24.1 Å². The fraction of sp³-hybridized carbons (Fsp3) is 0.429. The molecule has 0 aromatic heterocycles. The monoisotopic (exact) mass is 299 g/mol. The van der Waals surface area contributed by atoms with Gasteiger partial charge in [0.2, 0.25) is 5.91 Å². The minimum absolute atomic E-state index is 0.0232. The fourth-order valence-corrected chi connectivity index (χ4v) is 1.86. The van der Waals surface area contributed by atoms with E-state index in [9.17, 15) is 18.0 Å². The lowest BCUT2D eigenvalue weighted by Gasteiger charge is -2.14. The quantitative estimate of drug-likeness (QED) is 0.878. The van der Waals surface area contributed by atoms with Gasteiger partial charge in [-0.3, -0.25) is 4.79 Å². The predicted molar refractivity (Wildman–Crippen MR) is 72.5 cm³/mol. The molecule has 0 spiro atoms. The number of halogens is 3. The van der Waals surface area contributed by atoms with Crippen molar-refractivity contribution in [3.05, 3.63) is 29.3 Å². The molecule has 0 saturated carbocycles. The van der Waals surface area contributed by atoms with E-state index in [1.807, 2.05) is 13.8 Å². The maximum absolute atomic E-state index is 12.8. The number of anilines is 1. The summed E-state index contributed by atoms with van der Waals surface area (Å²) in [5.74, 6) is -0.388. The zero-order valence-electron chi connectivity index (χ0n) is 11.7. The third-order valence-corrected chi connectivity index (χ3v) is 2.77. The first kappa shape index (κ1) is 17.0. The van der Waals surface area contributed by atoms with Gasteiger partial charge in [0.25, 0.3) is 0 Å². The number of rotatable bonds is 5. The summed E-state index contributed by atoms with van der Waals surface area (Å²) in [6, 6.07) is 4.52. The van der Waals surface area contributed by atoms with Gasteiger partial charge in [0, 0.05) is 18.2 Å². The summed E-state index contributed by atoms with van der Waals surface area (Å²) in [5, 5.41) is 14.1. The van der Waals surface area contributed by atoms with Crippen LogP contribution in [0.1, 0.15) is 31.4 Å². The third-order valence-electron chi connectivity index (χ3n) is 2.77. The van der Waals surface area contributed by atoms with Gasteiger partial charge in [-0.25, -0.2) is 0 Å². The number of benzene rings is 1. The van der Waals surface area contributed by atoms with E-state index in [1.165, 1.54) is 12.1 Å². The van der Waals surface area contributed by atoms with Crippen LogP contribution in [0.4, 0.5) is 18.9 Å². The van der Waals surface area contributed by atoms with Crippen molar-refractivity contribution in [2.75, 3.05) is 11.9 Å². The first-order chi connectivity index (χ1) is 9.77. The molecular formula is C14H16F3N3O. The molecule has 7 heteroatoms. The zero-order chi connectivity index (χ0) is 16.0. The van der Waals surface area contributed by atoms with E-state index >= 15 is 0 Å². The van der Waals surface area contributed by atoms with Crippen molar-refractivity contribution in [1.82, 2.24) is 5.32 Å². The molecular weight excluding hydrogens is 283 g/mol. The Hall–Kier alpha value is -2.07. The van der Waals surface area contributed by atoms with Gasteiger partial charge >= 0.3 is 6.18 Å². The SMILES string of the molecule is CCNC(C)CC(=O)Nc1ccc(C#N)c(C(F)(F)F)c1. The average Bonchev–Trinajstić information content (AvgIpc) is 2.37. The van der Waals surface area contributed by atoms with E-state index < -0.39 is 17.3 Å². The van der Waals surface area contributed by atoms with Gasteiger partial charge in [-0.05, 0) is 31.7 Å². The Morgan fingerprint density at radius 1 is 1.43 bits per heavy atom. The summed E-state index contributed by atoms with van der Waals surface area (Å²) in [6.45, 7) is 4.40. The zero-order valence-corrected chi connectivity index (χ0v) is 11.7. The van der Waals surface area contributed by atoms with Gasteiger partial charge in [-0.1, -0.05) is 6.92 Å². The highest BCUT2D eigenvalue weighted by molar-refractivity contribution is 5.91. The molecule has 0 aliphatic rings. The van der Waals surface area contributed by atoms with Crippen molar-refractivity contribution >= 4 is 11.6 Å². The van der Waals surface area contributed by atoms with E-state index in [1.54, 1.807) is 0 Å². The standard InChI is InChI=1S/C14H16F3N3O/c1-3-19-9(2)6-13(21)20-11-5-4-10(8-18)12(7-11)14(15,16)17/h4-5,7,9,19H,3,6H2,1-2H3,(H,20,21). The van der Waals surface area contributed by atoms with Crippen LogP contribution in [-0.2, 0) is 11.0 Å². The molecule has 1 unspecified atom stereocenters. The molecule has 114 valence electrons. The number of nitrogens with zero attached hydrogens (tertiary/aromatic N) is 1. The molecule has 1 aromatic carbocycles. The number of hydrogen-bond acceptors (Lipinski definition) is 3. The number of hydrogen-bond donors (Lipinski definition) is 2. The lowest BCUT2D eigenvalue weighted by atomic mass is 10.1. The Morgan fingerprint density at radius 2 is 2.10 bits per heavy atom. The summed E-state index contributed by atoms with van der Waals surface area (Å²) in [6.07, 6.45) is -4.49. The molecule has 1 rings (SSSR count). The molecule has 1 aromatic rings. The maximum atomic E-state index is 12.8. The van der Waals surface area contributed by atoms with Gasteiger partial charge in [0.05, 0.1) is 17.2 Å². The molecule has 1 amide bonds. The van der Waals surface area contributed by atoms with Gasteiger partial charge in [-0.15, -0.1) is 0 Å². The summed E-state index contributed by atoms with van der Waals surface area (Å²) < 4.78 is 38.4. The van der Waals surface area contributed by atoms with Crippen molar-refractivity contribution in [3.8, 4) is 6.07 Å². The van der Waals surface area contributed by atoms with Crippen molar-refractivity contribution in [2.45, 2.75) is 32.5 Å². The first-order valence-electron chi connectivity index (χ1n) is 6.42. The minimum Gasteiger partial charge on any atom is -0.326 e. The summed E-state index contributed by atoms with van der Waals surface area (Å²) in [7, 11) is 0. The molecule has 0 heterocycles. The van der Waals surface area contributed by atoms with Crippen LogP contribution >= 0.6 is 0 Å². The molecule has 0 aliphatic carbocycles. The van der Waals surface area contributed by atoms with Crippen molar-refractivity contribution in [1.29, 1.82) is 5.26 Å². The smallest absolute Gasteiger partial charge is 0.326 e. The second-order valence-corrected chi connectivity index (χ2v) is 4.58. The topological polar surface area (TPSA) is 64.9 Å². The van der Waals surface area contributed by atoms with Gasteiger partial charge in [0.1, 0.15) is 0 Å². The second-order valence-electron chi connectivity index (χ2n) is 4.58. The van der Waals surface area contributed by atoms with Crippen LogP contribution in [0.3, 0.4) is 0 Å². The van der Waals surface area contributed by atoms with E-state index in [2.05, 4.69) is 10.6 Å². The number of carbonyl (C=O) groups excluding carboxylic acids is 1. The largest absolute Gasteiger partial charge is 0.417 e. The number of nitrogens with one attached hydrogen (secondary N) is 2. The molecule has 0 bridgehead atoms. The summed E-state index contributed by atoms with van der Waals surface area (Å²) >= 11 is 0. The molecule has 0 fully saturated rings. The summed E-state index contributed by atoms with van der Waals surface area (Å²) in [4.78, 5) is 11.7. The third kappa shape index (κ3) is 5.08. The molecule has 1 atom stereocenters. The molecule has 4 nitrogen and oxygen atoms in total. The van der Waals surface area contributed by atoms with Crippen LogP contribution in [0.25, 0.3) is 0 Å². The van der Waals surface area contributed by atoms with Crippen LogP contribution in [0.2, 0.25) is 0 Å². The van der Waals surface area contributed by atoms with Crippen LogP contribution < -0.4 is 10.6 Å².